The molecule has 2 nitrogen and oxygen atoms in total. The van der Waals surface area contributed by atoms with E-state index in [0.717, 1.165) is 24.0 Å². The van der Waals surface area contributed by atoms with Gasteiger partial charge in [-0.05, 0) is 0 Å². The van der Waals surface area contributed by atoms with Crippen molar-refractivity contribution in [2.45, 2.75) is 6.54 Å². The van der Waals surface area contributed by atoms with Crippen LogP contribution in [0.1, 0.15) is 15.9 Å². The van der Waals surface area contributed by atoms with E-state index < -0.39 is 0 Å². The molecule has 0 saturated carbocycles. The van der Waals surface area contributed by atoms with Crippen LogP contribution in [0.15, 0.2) is 24.3 Å². The summed E-state index contributed by atoms with van der Waals surface area (Å²) in [6.45, 7) is 0.777. The van der Waals surface area contributed by atoms with E-state index in [1.807, 2.05) is 12.1 Å². The molecule has 0 heterocycles. The van der Waals surface area contributed by atoms with Crippen LogP contribution in [0.25, 0.3) is 0 Å². The fourth-order valence-electron chi connectivity index (χ4n) is 0.763. The smallest absolute Gasteiger partial charge is 0.150 e. The van der Waals surface area contributed by atoms with E-state index in [1.165, 1.54) is 0 Å². The van der Waals surface area contributed by atoms with Crippen LogP contribution in [0.3, 0.4) is 0 Å². The quantitative estimate of drug-likeness (QED) is 0.581. The second kappa shape index (κ2) is 3.13. The zero-order valence-corrected chi connectivity index (χ0v) is 5.71. The van der Waals surface area contributed by atoms with Crippen molar-refractivity contribution in [3.8, 4) is 0 Å². The number of rotatable bonds is 2. The lowest BCUT2D eigenvalue weighted by Gasteiger charge is -1.92. The molecule has 0 aliphatic heterocycles. The Kier molecular flexibility index (Phi) is 2.18. The Morgan fingerprint density at radius 3 is 2.30 bits per heavy atom. The molecule has 0 saturated heterocycles. The molecule has 0 fully saturated rings. The van der Waals surface area contributed by atoms with Gasteiger partial charge in [-0.15, -0.1) is 0 Å². The van der Waals surface area contributed by atoms with Crippen molar-refractivity contribution in [3.63, 3.8) is 0 Å². The van der Waals surface area contributed by atoms with E-state index in [-0.39, 0.29) is 0 Å². The van der Waals surface area contributed by atoms with Gasteiger partial charge in [0.25, 0.3) is 0 Å². The van der Waals surface area contributed by atoms with E-state index in [0.29, 0.717) is 0 Å². The number of aldehydes is 1. The first-order valence-electron chi connectivity index (χ1n) is 3.20. The van der Waals surface area contributed by atoms with E-state index in [1.54, 1.807) is 12.1 Å². The monoisotopic (exact) mass is 136 g/mol. The Balaban J connectivity index is 2.90. The zero-order chi connectivity index (χ0) is 7.40. The van der Waals surface area contributed by atoms with Crippen LogP contribution >= 0.6 is 0 Å². The molecule has 0 spiro atoms. The third-order valence-electron chi connectivity index (χ3n) is 1.40. The Hall–Kier alpha value is -1.15. The largest absolute Gasteiger partial charge is 0.354 e. The molecule has 3 N–H and O–H groups in total. The molecule has 1 aromatic carbocycles. The molecule has 0 amide bonds. The van der Waals surface area contributed by atoms with Crippen LogP contribution in [-0.4, -0.2) is 6.29 Å². The molecular weight excluding hydrogens is 126 g/mol. The highest BCUT2D eigenvalue weighted by atomic mass is 16.1. The number of quaternary nitrogens is 1. The van der Waals surface area contributed by atoms with Crippen LogP contribution < -0.4 is 5.73 Å². The van der Waals surface area contributed by atoms with Gasteiger partial charge in [-0.25, -0.2) is 0 Å². The molecule has 0 atom stereocenters. The minimum absolute atomic E-state index is 0.720. The van der Waals surface area contributed by atoms with Gasteiger partial charge in [-0.2, -0.15) is 0 Å². The first-order chi connectivity index (χ1) is 4.86. The van der Waals surface area contributed by atoms with Gasteiger partial charge in [0.15, 0.2) is 0 Å². The third kappa shape index (κ3) is 1.42. The number of carbonyl (C=O) groups excluding carboxylic acids is 1. The molecule has 0 aliphatic rings. The topological polar surface area (TPSA) is 44.7 Å². The van der Waals surface area contributed by atoms with Gasteiger partial charge >= 0.3 is 0 Å². The molecular formula is C8H10NO+. The molecule has 10 heavy (non-hydrogen) atoms. The summed E-state index contributed by atoms with van der Waals surface area (Å²) in [6, 6.07) is 7.43. The lowest BCUT2D eigenvalue weighted by molar-refractivity contribution is -0.386. The van der Waals surface area contributed by atoms with Gasteiger partial charge in [0.2, 0.25) is 0 Å². The average Bonchev–Trinajstić information content (AvgIpc) is 2.05. The summed E-state index contributed by atoms with van der Waals surface area (Å²) in [5, 5.41) is 0. The molecule has 0 radical (unpaired) electrons. The maximum Gasteiger partial charge on any atom is 0.150 e. The summed E-state index contributed by atoms with van der Waals surface area (Å²) in [5.41, 5.74) is 5.60. The van der Waals surface area contributed by atoms with Gasteiger partial charge in [-0.3, -0.25) is 4.79 Å². The molecule has 1 rings (SSSR count). The Morgan fingerprint density at radius 1 is 1.30 bits per heavy atom. The number of carbonyl (C=O) groups is 1. The third-order valence-corrected chi connectivity index (χ3v) is 1.40. The summed E-state index contributed by atoms with van der Waals surface area (Å²) < 4.78 is 0. The molecule has 0 bridgehead atoms. The Morgan fingerprint density at radius 2 is 1.90 bits per heavy atom. The van der Waals surface area contributed by atoms with Gasteiger partial charge in [0.1, 0.15) is 6.29 Å². The lowest BCUT2D eigenvalue weighted by atomic mass is 10.1. The van der Waals surface area contributed by atoms with Crippen molar-refractivity contribution in [1.29, 1.82) is 0 Å². The number of hydrogen-bond acceptors (Lipinski definition) is 1. The van der Waals surface area contributed by atoms with E-state index in [4.69, 9.17) is 0 Å². The zero-order valence-electron chi connectivity index (χ0n) is 5.71. The van der Waals surface area contributed by atoms with Crippen molar-refractivity contribution in [1.82, 2.24) is 0 Å². The van der Waals surface area contributed by atoms with Crippen LogP contribution in [0.5, 0.6) is 0 Å². The highest BCUT2D eigenvalue weighted by molar-refractivity contribution is 5.74. The highest BCUT2D eigenvalue weighted by Gasteiger charge is 1.90. The molecule has 0 unspecified atom stereocenters. The SMILES string of the molecule is [NH3+]Cc1ccc(C=O)cc1. The van der Waals surface area contributed by atoms with Crippen molar-refractivity contribution in [2.24, 2.45) is 0 Å². The van der Waals surface area contributed by atoms with Crippen LogP contribution in [0.2, 0.25) is 0 Å². The van der Waals surface area contributed by atoms with Gasteiger partial charge in [-0.1, -0.05) is 24.3 Å². The fourth-order valence-corrected chi connectivity index (χ4v) is 0.763. The van der Waals surface area contributed by atoms with E-state index in [9.17, 15) is 4.79 Å². The average molecular weight is 136 g/mol. The van der Waals surface area contributed by atoms with Gasteiger partial charge in [0, 0.05) is 11.1 Å². The van der Waals surface area contributed by atoms with Crippen molar-refractivity contribution < 1.29 is 10.5 Å². The van der Waals surface area contributed by atoms with E-state index in [2.05, 4.69) is 5.73 Å². The second-order valence-electron chi connectivity index (χ2n) is 2.11. The minimum atomic E-state index is 0.720. The standard InChI is InChI=1S/C8H9NO/c9-5-7-1-3-8(6-10)4-2-7/h1-4,6H,5,9H2/p+1. The molecule has 2 heteroatoms. The Bertz CT molecular complexity index is 215. The first kappa shape index (κ1) is 6.96. The minimum Gasteiger partial charge on any atom is -0.354 e. The summed E-state index contributed by atoms with van der Waals surface area (Å²) in [5.74, 6) is 0. The predicted octanol–water partition coefficient (Wildman–Crippen LogP) is 0.241. The van der Waals surface area contributed by atoms with Crippen LogP contribution in [0, 0.1) is 0 Å². The molecule has 1 aromatic rings. The fraction of sp³-hybridized carbons (Fsp3) is 0.125. The summed E-state index contributed by atoms with van der Waals surface area (Å²) in [7, 11) is 0. The summed E-state index contributed by atoms with van der Waals surface area (Å²) in [6.07, 6.45) is 0.840. The number of benzene rings is 1. The Labute approximate surface area is 59.7 Å². The van der Waals surface area contributed by atoms with Gasteiger partial charge < -0.3 is 5.73 Å². The first-order valence-corrected chi connectivity index (χ1v) is 3.20. The second-order valence-corrected chi connectivity index (χ2v) is 2.11. The summed E-state index contributed by atoms with van der Waals surface area (Å²) in [4.78, 5) is 10.2. The maximum atomic E-state index is 10.2. The highest BCUT2D eigenvalue weighted by Crippen LogP contribution is 1.99. The van der Waals surface area contributed by atoms with Crippen molar-refractivity contribution >= 4 is 6.29 Å². The summed E-state index contributed by atoms with van der Waals surface area (Å²) >= 11 is 0. The number of hydrogen-bond donors (Lipinski definition) is 1. The molecule has 0 aliphatic carbocycles. The molecule has 52 valence electrons. The molecule has 0 aromatic heterocycles. The maximum absolute atomic E-state index is 10.2. The van der Waals surface area contributed by atoms with Gasteiger partial charge in [0.05, 0.1) is 6.54 Å². The van der Waals surface area contributed by atoms with Crippen molar-refractivity contribution in [3.05, 3.63) is 35.4 Å². The van der Waals surface area contributed by atoms with Crippen LogP contribution in [0.4, 0.5) is 0 Å². The van der Waals surface area contributed by atoms with E-state index >= 15 is 0 Å². The van der Waals surface area contributed by atoms with Crippen molar-refractivity contribution in [2.75, 3.05) is 0 Å². The predicted molar refractivity (Wildman–Crippen MR) is 38.4 cm³/mol. The normalized spacial score (nSPS) is 9.30. The lowest BCUT2D eigenvalue weighted by Crippen LogP contribution is -2.47. The van der Waals surface area contributed by atoms with Crippen LogP contribution in [-0.2, 0) is 6.54 Å².